The first kappa shape index (κ1) is 31.6. The second kappa shape index (κ2) is 12.9. The predicted molar refractivity (Wildman–Crippen MR) is 237 cm³/mol. The number of benzene rings is 9. The van der Waals surface area contributed by atoms with Crippen molar-refractivity contribution in [2.24, 2.45) is 0 Å². The Morgan fingerprint density at radius 1 is 0.400 bits per heavy atom. The van der Waals surface area contributed by atoms with Gasteiger partial charge in [0.05, 0.1) is 16.7 Å². The second-order valence-electron chi connectivity index (χ2n) is 14.1. The summed E-state index contributed by atoms with van der Waals surface area (Å²) in [5, 5.41) is 7.70. The Balaban J connectivity index is 1.10. The van der Waals surface area contributed by atoms with Crippen molar-refractivity contribution in [2.45, 2.75) is 0 Å². The first-order valence-electron chi connectivity index (χ1n) is 18.8. The zero-order chi connectivity index (χ0) is 36.3. The first-order valence-corrected chi connectivity index (χ1v) is 19.6. The van der Waals surface area contributed by atoms with E-state index in [-0.39, 0.29) is 0 Å². The van der Waals surface area contributed by atoms with Gasteiger partial charge in [0.15, 0.2) is 0 Å². The number of thiophene rings is 1. The number of hydrogen-bond acceptors (Lipinski definition) is 2. The standard InChI is InChI=1S/C52H34N2S/c1-3-14-35(15-4-1)41-19-9-11-23-47(41)53(40-31-33-49-46(34-40)44-21-10-12-24-48(44)54(49)38-17-5-2-6-18-38)39-29-26-37(27-30-39)42-22-13-25-50-51(42)45-32-28-36-16-7-8-20-43(36)52(45)55-50/h1-34H. The van der Waals surface area contributed by atoms with Crippen molar-refractivity contribution in [3.63, 3.8) is 0 Å². The number of hydrogen-bond donors (Lipinski definition) is 0. The molecule has 11 rings (SSSR count). The van der Waals surface area contributed by atoms with Crippen molar-refractivity contribution in [1.29, 1.82) is 0 Å². The molecule has 0 aliphatic heterocycles. The van der Waals surface area contributed by atoms with E-state index in [1.165, 1.54) is 75.0 Å². The van der Waals surface area contributed by atoms with Crippen LogP contribution >= 0.6 is 11.3 Å². The van der Waals surface area contributed by atoms with Crippen LogP contribution in [0.25, 0.3) is 80.7 Å². The van der Waals surface area contributed by atoms with Crippen LogP contribution in [-0.2, 0) is 0 Å². The van der Waals surface area contributed by atoms with Gasteiger partial charge in [-0.05, 0) is 88.1 Å². The van der Waals surface area contributed by atoms with Crippen molar-refractivity contribution in [3.8, 4) is 27.9 Å². The molecule has 0 fully saturated rings. The van der Waals surface area contributed by atoms with E-state index in [2.05, 4.69) is 216 Å². The lowest BCUT2D eigenvalue weighted by atomic mass is 9.97. The largest absolute Gasteiger partial charge is 0.310 e. The van der Waals surface area contributed by atoms with Gasteiger partial charge >= 0.3 is 0 Å². The molecule has 11 aromatic rings. The van der Waals surface area contributed by atoms with Gasteiger partial charge in [-0.3, -0.25) is 0 Å². The van der Waals surface area contributed by atoms with Gasteiger partial charge in [0.1, 0.15) is 0 Å². The lowest BCUT2D eigenvalue weighted by Crippen LogP contribution is -2.11. The van der Waals surface area contributed by atoms with E-state index in [0.29, 0.717) is 0 Å². The fourth-order valence-electron chi connectivity index (χ4n) is 8.50. The number of fused-ring (bicyclic) bond motifs is 8. The van der Waals surface area contributed by atoms with Crippen LogP contribution < -0.4 is 4.90 Å². The molecule has 0 aliphatic carbocycles. The lowest BCUT2D eigenvalue weighted by Gasteiger charge is -2.28. The Labute approximate surface area is 323 Å². The minimum atomic E-state index is 1.10. The highest BCUT2D eigenvalue weighted by atomic mass is 32.1. The molecule has 2 heterocycles. The van der Waals surface area contributed by atoms with Gasteiger partial charge in [0.2, 0.25) is 0 Å². The molecule has 0 saturated heterocycles. The maximum Gasteiger partial charge on any atom is 0.0542 e. The van der Waals surface area contributed by atoms with Gasteiger partial charge in [-0.1, -0.05) is 146 Å². The Bertz CT molecular complexity index is 3190. The van der Waals surface area contributed by atoms with Crippen LogP contribution in [0.5, 0.6) is 0 Å². The van der Waals surface area contributed by atoms with Crippen molar-refractivity contribution in [3.05, 3.63) is 206 Å². The molecule has 2 aromatic heterocycles. The molecule has 0 saturated carbocycles. The average molecular weight is 719 g/mol. The van der Waals surface area contributed by atoms with Gasteiger partial charge in [-0.15, -0.1) is 11.3 Å². The molecule has 2 nitrogen and oxygen atoms in total. The van der Waals surface area contributed by atoms with E-state index in [0.717, 1.165) is 22.7 Å². The summed E-state index contributed by atoms with van der Waals surface area (Å²) in [6.07, 6.45) is 0. The highest BCUT2D eigenvalue weighted by Crippen LogP contribution is 2.46. The summed E-state index contributed by atoms with van der Waals surface area (Å²) in [6, 6.07) is 75.0. The van der Waals surface area contributed by atoms with Crippen LogP contribution in [-0.4, -0.2) is 4.57 Å². The molecule has 0 bridgehead atoms. The third-order valence-electron chi connectivity index (χ3n) is 11.0. The summed E-state index contributed by atoms with van der Waals surface area (Å²) in [5.74, 6) is 0. The van der Waals surface area contributed by atoms with Crippen LogP contribution in [0, 0.1) is 0 Å². The van der Waals surface area contributed by atoms with Crippen LogP contribution in [0.1, 0.15) is 0 Å². The van der Waals surface area contributed by atoms with Crippen LogP contribution in [0.4, 0.5) is 17.1 Å². The van der Waals surface area contributed by atoms with E-state index in [9.17, 15) is 0 Å². The zero-order valence-corrected chi connectivity index (χ0v) is 30.7. The topological polar surface area (TPSA) is 8.17 Å². The predicted octanol–water partition coefficient (Wildman–Crippen LogP) is 15.1. The Morgan fingerprint density at radius 3 is 1.91 bits per heavy atom. The highest BCUT2D eigenvalue weighted by Gasteiger charge is 2.20. The Kier molecular flexibility index (Phi) is 7.39. The first-order chi connectivity index (χ1) is 27.3. The number of nitrogens with zero attached hydrogens (tertiary/aromatic N) is 2. The molecule has 9 aromatic carbocycles. The van der Waals surface area contributed by atoms with Gasteiger partial charge in [-0.25, -0.2) is 0 Å². The maximum absolute atomic E-state index is 2.42. The fourth-order valence-corrected chi connectivity index (χ4v) is 9.76. The molecular weight excluding hydrogens is 685 g/mol. The molecule has 0 atom stereocenters. The summed E-state index contributed by atoms with van der Waals surface area (Å²) in [5.41, 5.74) is 11.7. The molecule has 258 valence electrons. The third-order valence-corrected chi connectivity index (χ3v) is 12.2. The number of anilines is 3. The Hall–Kier alpha value is -6.94. The normalized spacial score (nSPS) is 11.6. The zero-order valence-electron chi connectivity index (χ0n) is 29.9. The van der Waals surface area contributed by atoms with Crippen LogP contribution in [0.2, 0.25) is 0 Å². The monoisotopic (exact) mass is 718 g/mol. The molecule has 0 N–H and O–H groups in total. The summed E-state index contributed by atoms with van der Waals surface area (Å²) < 4.78 is 5.04. The quantitative estimate of drug-likeness (QED) is 0.166. The third kappa shape index (κ3) is 5.16. The number of aromatic nitrogens is 1. The summed E-state index contributed by atoms with van der Waals surface area (Å²) >= 11 is 1.89. The highest BCUT2D eigenvalue weighted by molar-refractivity contribution is 7.26. The number of para-hydroxylation sites is 3. The maximum atomic E-state index is 2.42. The van der Waals surface area contributed by atoms with Gasteiger partial charge in [-0.2, -0.15) is 0 Å². The summed E-state index contributed by atoms with van der Waals surface area (Å²) in [4.78, 5) is 2.42. The van der Waals surface area contributed by atoms with Gasteiger partial charge < -0.3 is 9.47 Å². The lowest BCUT2D eigenvalue weighted by molar-refractivity contribution is 1.18. The average Bonchev–Trinajstić information content (AvgIpc) is 3.81. The van der Waals surface area contributed by atoms with Crippen LogP contribution in [0.3, 0.4) is 0 Å². The second-order valence-corrected chi connectivity index (χ2v) is 15.2. The SMILES string of the molecule is c1ccc(-c2ccccc2N(c2ccc(-c3cccc4sc5c6ccccc6ccc5c34)cc2)c2ccc3c(c2)c2ccccc2n3-c2ccccc2)cc1. The van der Waals surface area contributed by atoms with E-state index in [1.807, 2.05) is 11.3 Å². The van der Waals surface area contributed by atoms with Gasteiger partial charge in [0.25, 0.3) is 0 Å². The smallest absolute Gasteiger partial charge is 0.0542 e. The van der Waals surface area contributed by atoms with Crippen LogP contribution in [0.15, 0.2) is 206 Å². The number of rotatable bonds is 6. The van der Waals surface area contributed by atoms with Crippen molar-refractivity contribution in [1.82, 2.24) is 4.57 Å². The molecule has 0 unspecified atom stereocenters. The van der Waals surface area contributed by atoms with Crippen molar-refractivity contribution < 1.29 is 0 Å². The van der Waals surface area contributed by atoms with E-state index in [1.54, 1.807) is 0 Å². The Morgan fingerprint density at radius 2 is 1.05 bits per heavy atom. The molecule has 0 spiro atoms. The summed E-state index contributed by atoms with van der Waals surface area (Å²) in [6.45, 7) is 0. The molecular formula is C52H34N2S. The van der Waals surface area contributed by atoms with Crippen molar-refractivity contribution >= 4 is 81.1 Å². The molecule has 0 aliphatic rings. The molecule has 55 heavy (non-hydrogen) atoms. The molecule has 0 radical (unpaired) electrons. The minimum absolute atomic E-state index is 1.10. The van der Waals surface area contributed by atoms with Gasteiger partial charge in [0, 0.05) is 53.6 Å². The summed E-state index contributed by atoms with van der Waals surface area (Å²) in [7, 11) is 0. The molecule has 0 amide bonds. The van der Waals surface area contributed by atoms with E-state index >= 15 is 0 Å². The minimum Gasteiger partial charge on any atom is -0.310 e. The van der Waals surface area contributed by atoms with E-state index < -0.39 is 0 Å². The molecule has 3 heteroatoms. The van der Waals surface area contributed by atoms with Crippen molar-refractivity contribution in [2.75, 3.05) is 4.90 Å². The van der Waals surface area contributed by atoms with E-state index in [4.69, 9.17) is 0 Å². The fraction of sp³-hybridized carbons (Fsp3) is 0.